The van der Waals surface area contributed by atoms with Gasteiger partial charge in [0.15, 0.2) is 0 Å². The SMILES string of the molecule is N[C@@H](CCC(=O)O)C(=O)N[C@@H](CCC(=O)O)C(=O)N[C@@H](CCC(=O)O)C(=O)NCC(=O)N[C@@H](CO)C(=O)NCC(=O)N[C@@H](CC(=O)O)C(=O)N[C@@H](CC(=O)O)C(=O)N[C@@H](CC(=O)O)C(=O)O. The fourth-order valence-electron chi connectivity index (χ4n) is 4.99. The Morgan fingerprint density at radius 3 is 1.09 bits per heavy atom. The second-order valence-electron chi connectivity index (χ2n) is 13.6. The third-order valence-corrected chi connectivity index (χ3v) is 8.28. The molecule has 0 spiro atoms. The Kier molecular flexibility index (Phi) is 25.8. The van der Waals surface area contributed by atoms with Crippen molar-refractivity contribution in [1.82, 2.24) is 42.5 Å². The van der Waals surface area contributed by atoms with Gasteiger partial charge in [-0.1, -0.05) is 0 Å². The van der Waals surface area contributed by atoms with Gasteiger partial charge in [0.1, 0.15) is 36.3 Å². The van der Waals surface area contributed by atoms with Crippen molar-refractivity contribution in [1.29, 1.82) is 0 Å². The van der Waals surface area contributed by atoms with Crippen molar-refractivity contribution >= 4 is 89.0 Å². The van der Waals surface area contributed by atoms with E-state index in [1.165, 1.54) is 0 Å². The minimum Gasteiger partial charge on any atom is -0.481 e. The van der Waals surface area contributed by atoms with Crippen molar-refractivity contribution < 1.29 is 113 Å². The summed E-state index contributed by atoms with van der Waals surface area (Å²) < 4.78 is 0. The van der Waals surface area contributed by atoms with Crippen LogP contribution in [0.25, 0.3) is 0 Å². The lowest BCUT2D eigenvalue weighted by Crippen LogP contribution is -2.58. The fourth-order valence-corrected chi connectivity index (χ4v) is 4.99. The van der Waals surface area contributed by atoms with Crippen molar-refractivity contribution in [3.63, 3.8) is 0 Å². The van der Waals surface area contributed by atoms with Gasteiger partial charge in [-0.2, -0.15) is 0 Å². The van der Waals surface area contributed by atoms with Crippen molar-refractivity contribution in [3.8, 4) is 0 Å². The summed E-state index contributed by atoms with van der Waals surface area (Å²) in [5.74, 6) is -21.6. The Morgan fingerprint density at radius 1 is 0.364 bits per heavy atom. The van der Waals surface area contributed by atoms with Crippen LogP contribution in [0.4, 0.5) is 0 Å². The van der Waals surface area contributed by atoms with E-state index >= 15 is 0 Å². The summed E-state index contributed by atoms with van der Waals surface area (Å²) in [6.07, 6.45) is -7.24. The van der Waals surface area contributed by atoms with E-state index in [0.717, 1.165) is 0 Å². The van der Waals surface area contributed by atoms with E-state index in [9.17, 15) is 82.1 Å². The second kappa shape index (κ2) is 29.4. The van der Waals surface area contributed by atoms with E-state index in [-0.39, 0.29) is 6.42 Å². The predicted molar refractivity (Wildman–Crippen MR) is 208 cm³/mol. The van der Waals surface area contributed by atoms with Crippen LogP contribution in [0.2, 0.25) is 0 Å². The van der Waals surface area contributed by atoms with Crippen LogP contribution in [0.1, 0.15) is 57.8 Å². The number of carbonyl (C=O) groups is 15. The molecular formula is C34H49N9O23. The summed E-state index contributed by atoms with van der Waals surface area (Å²) in [6, 6.07) is -13.1. The molecule has 32 heteroatoms. The van der Waals surface area contributed by atoms with Gasteiger partial charge in [0.2, 0.25) is 47.3 Å². The molecule has 368 valence electrons. The Balaban J connectivity index is 5.72. The predicted octanol–water partition coefficient (Wildman–Crippen LogP) is -8.45. The van der Waals surface area contributed by atoms with Gasteiger partial charge in [0.05, 0.1) is 45.0 Å². The number of hydrogen-bond acceptors (Lipinski definition) is 17. The number of aliphatic hydroxyl groups excluding tert-OH is 1. The highest BCUT2D eigenvalue weighted by molar-refractivity contribution is 5.98. The van der Waals surface area contributed by atoms with Crippen LogP contribution in [-0.4, -0.2) is 192 Å². The summed E-state index contributed by atoms with van der Waals surface area (Å²) in [6.45, 7) is -3.29. The Bertz CT molecular complexity index is 1880. The number of aliphatic hydroxyl groups is 1. The molecule has 0 heterocycles. The zero-order valence-corrected chi connectivity index (χ0v) is 34.3. The number of carbonyl (C=O) groups excluding carboxylic acids is 8. The lowest BCUT2D eigenvalue weighted by molar-refractivity contribution is -0.148. The minimum absolute atomic E-state index is 0.380. The Labute approximate surface area is 369 Å². The monoisotopic (exact) mass is 951 g/mol. The zero-order valence-electron chi connectivity index (χ0n) is 34.3. The average molecular weight is 952 g/mol. The first-order valence-corrected chi connectivity index (χ1v) is 18.9. The van der Waals surface area contributed by atoms with Gasteiger partial charge < -0.3 is 89.1 Å². The van der Waals surface area contributed by atoms with E-state index < -0.39 is 202 Å². The maximum Gasteiger partial charge on any atom is 0.326 e. The van der Waals surface area contributed by atoms with Crippen LogP contribution in [0.5, 0.6) is 0 Å². The van der Waals surface area contributed by atoms with Crippen molar-refractivity contribution in [2.24, 2.45) is 5.73 Å². The van der Waals surface area contributed by atoms with Gasteiger partial charge in [-0.15, -0.1) is 0 Å². The molecule has 66 heavy (non-hydrogen) atoms. The number of carboxylic acids is 7. The maximum absolute atomic E-state index is 13.1. The molecule has 0 saturated heterocycles. The third kappa shape index (κ3) is 24.6. The minimum atomic E-state index is -2.14. The molecular weight excluding hydrogens is 902 g/mol. The van der Waals surface area contributed by atoms with Crippen LogP contribution >= 0.6 is 0 Å². The largest absolute Gasteiger partial charge is 0.481 e. The number of nitrogens with two attached hydrogens (primary N) is 1. The van der Waals surface area contributed by atoms with Crippen molar-refractivity contribution in [2.45, 2.75) is 100 Å². The van der Waals surface area contributed by atoms with E-state index in [1.807, 2.05) is 21.3 Å². The number of carboxylic acid groups (broad SMARTS) is 7. The van der Waals surface area contributed by atoms with Gasteiger partial charge >= 0.3 is 41.8 Å². The summed E-state index contributed by atoms with van der Waals surface area (Å²) in [5.41, 5.74) is 5.63. The molecule has 18 N–H and O–H groups in total. The molecule has 0 saturated carbocycles. The van der Waals surface area contributed by atoms with Gasteiger partial charge in [-0.3, -0.25) is 67.1 Å². The van der Waals surface area contributed by atoms with Gasteiger partial charge in [-0.25, -0.2) is 4.79 Å². The molecule has 0 aliphatic heterocycles. The molecule has 7 atom stereocenters. The van der Waals surface area contributed by atoms with Crippen LogP contribution in [0, 0.1) is 0 Å². The smallest absolute Gasteiger partial charge is 0.326 e. The van der Waals surface area contributed by atoms with E-state index in [1.54, 1.807) is 10.6 Å². The van der Waals surface area contributed by atoms with E-state index in [4.69, 9.17) is 36.4 Å². The van der Waals surface area contributed by atoms with Crippen molar-refractivity contribution in [2.75, 3.05) is 19.7 Å². The molecule has 0 aromatic rings. The summed E-state index contributed by atoms with van der Waals surface area (Å²) in [5, 5.41) is 88.7. The highest BCUT2D eigenvalue weighted by Crippen LogP contribution is 2.06. The number of rotatable bonds is 33. The summed E-state index contributed by atoms with van der Waals surface area (Å²) in [4.78, 5) is 180. The molecule has 0 rings (SSSR count). The van der Waals surface area contributed by atoms with Gasteiger partial charge in [0.25, 0.3) is 0 Å². The lowest BCUT2D eigenvalue weighted by Gasteiger charge is -2.24. The molecule has 0 bridgehead atoms. The first-order chi connectivity index (χ1) is 30.7. The highest BCUT2D eigenvalue weighted by Gasteiger charge is 2.34. The van der Waals surface area contributed by atoms with Crippen molar-refractivity contribution in [3.05, 3.63) is 0 Å². The molecule has 0 aliphatic rings. The third-order valence-electron chi connectivity index (χ3n) is 8.28. The van der Waals surface area contributed by atoms with E-state index in [0.29, 0.717) is 0 Å². The van der Waals surface area contributed by atoms with Crippen LogP contribution in [-0.2, 0) is 71.9 Å². The number of amides is 8. The molecule has 0 unspecified atom stereocenters. The molecule has 0 aromatic carbocycles. The zero-order chi connectivity index (χ0) is 50.8. The highest BCUT2D eigenvalue weighted by atomic mass is 16.4. The fraction of sp³-hybridized carbons (Fsp3) is 0.559. The average Bonchev–Trinajstić information content (AvgIpc) is 3.21. The lowest BCUT2D eigenvalue weighted by atomic mass is 10.1. The molecule has 0 aliphatic carbocycles. The second-order valence-corrected chi connectivity index (χ2v) is 13.6. The topological polar surface area (TPSA) is 540 Å². The first kappa shape index (κ1) is 58.0. The standard InChI is InChI=1S/C34H49N9O23/c35-13(1-4-22(47)48)28(59)40-15(3-6-24(51)52)31(62)41-14(2-5-23(49)50)29(60)36-11-21(46)39-19(12-44)30(61)37-10-20(45)38-16(7-25(53)54)32(63)42-17(8-26(55)56)33(64)43-18(34(65)66)9-27(57)58/h13-19,44H,1-12,35H2,(H,36,60)(H,37,61)(H,38,45)(H,39,46)(H,40,59)(H,41,62)(H,42,63)(H,43,64)(H,47,48)(H,49,50)(H,51,52)(H,53,54)(H,55,56)(H,57,58)(H,65,66)/t13-,14-,15-,16-,17-,18-,19-/m0/s1. The van der Waals surface area contributed by atoms with Crippen LogP contribution < -0.4 is 48.3 Å². The number of aliphatic carboxylic acids is 7. The Morgan fingerprint density at radius 2 is 0.682 bits per heavy atom. The molecule has 0 radical (unpaired) electrons. The quantitative estimate of drug-likeness (QED) is 0.0290. The molecule has 0 aromatic heterocycles. The van der Waals surface area contributed by atoms with Crippen LogP contribution in [0.15, 0.2) is 0 Å². The number of hydrogen-bond donors (Lipinski definition) is 17. The summed E-state index contributed by atoms with van der Waals surface area (Å²) in [7, 11) is 0. The Hall–Kier alpha value is -8.03. The molecule has 0 fully saturated rings. The normalized spacial score (nSPS) is 13.7. The molecule has 32 nitrogen and oxygen atoms in total. The van der Waals surface area contributed by atoms with Gasteiger partial charge in [0, 0.05) is 19.3 Å². The van der Waals surface area contributed by atoms with Gasteiger partial charge in [-0.05, 0) is 19.3 Å². The first-order valence-electron chi connectivity index (χ1n) is 18.9. The molecule has 8 amide bonds. The maximum atomic E-state index is 13.1. The van der Waals surface area contributed by atoms with E-state index in [2.05, 4.69) is 10.6 Å². The van der Waals surface area contributed by atoms with Crippen LogP contribution in [0.3, 0.4) is 0 Å². The number of nitrogens with one attached hydrogen (secondary N) is 8. The summed E-state index contributed by atoms with van der Waals surface area (Å²) >= 11 is 0.